The molecule has 2 rings (SSSR count). The first kappa shape index (κ1) is 8.11. The molecule has 0 amide bonds. The van der Waals surface area contributed by atoms with Crippen LogP contribution in [-0.4, -0.2) is 4.57 Å². The molecule has 1 aromatic heterocycles. The lowest BCUT2D eigenvalue weighted by Gasteiger charge is -2.01. The van der Waals surface area contributed by atoms with E-state index in [1.807, 2.05) is 0 Å². The fourth-order valence-electron chi connectivity index (χ4n) is 1.69. The fraction of sp³-hybridized carbons (Fsp3) is 0.400. The van der Waals surface area contributed by atoms with Crippen molar-refractivity contribution in [3.8, 4) is 0 Å². The van der Waals surface area contributed by atoms with E-state index in [1.54, 1.807) is 5.57 Å². The van der Waals surface area contributed by atoms with Gasteiger partial charge in [-0.3, -0.25) is 0 Å². The Hall–Kier alpha value is -0.500. The first-order valence-corrected chi connectivity index (χ1v) is 5.05. The Kier molecular flexibility index (Phi) is 1.87. The molecule has 0 fully saturated rings. The maximum atomic E-state index is 3.52. The summed E-state index contributed by atoms with van der Waals surface area (Å²) in [6.45, 7) is 2.22. The highest BCUT2D eigenvalue weighted by Gasteiger charge is 2.16. The number of halogens is 1. The highest BCUT2D eigenvalue weighted by atomic mass is 79.9. The van der Waals surface area contributed by atoms with Crippen molar-refractivity contribution in [1.82, 2.24) is 4.57 Å². The van der Waals surface area contributed by atoms with Crippen LogP contribution in [0.1, 0.15) is 24.6 Å². The number of rotatable bonds is 1. The van der Waals surface area contributed by atoms with Crippen LogP contribution in [0.25, 0.3) is 6.08 Å². The van der Waals surface area contributed by atoms with Crippen LogP contribution in [-0.2, 0) is 13.5 Å². The molecule has 1 aliphatic rings. The van der Waals surface area contributed by atoms with Crippen LogP contribution >= 0.6 is 15.9 Å². The van der Waals surface area contributed by atoms with Gasteiger partial charge in [-0.25, -0.2) is 0 Å². The average molecular weight is 226 g/mol. The van der Waals surface area contributed by atoms with E-state index in [-0.39, 0.29) is 0 Å². The minimum atomic E-state index is 1.13. The molecule has 0 saturated carbocycles. The summed E-state index contributed by atoms with van der Waals surface area (Å²) in [5.74, 6) is 0. The van der Waals surface area contributed by atoms with Gasteiger partial charge in [0.15, 0.2) is 0 Å². The SMILES string of the molecule is CCC1=Cc2cc(Br)n(C)c2C1. The molecule has 64 valence electrons. The van der Waals surface area contributed by atoms with Crippen LogP contribution in [0.3, 0.4) is 0 Å². The van der Waals surface area contributed by atoms with E-state index < -0.39 is 0 Å². The van der Waals surface area contributed by atoms with Crippen LogP contribution in [0.2, 0.25) is 0 Å². The van der Waals surface area contributed by atoms with Crippen LogP contribution in [0.4, 0.5) is 0 Å². The van der Waals surface area contributed by atoms with Crippen molar-refractivity contribution in [2.45, 2.75) is 19.8 Å². The molecular weight excluding hydrogens is 214 g/mol. The third-order valence-electron chi connectivity index (χ3n) is 2.54. The molecule has 0 aromatic carbocycles. The number of hydrogen-bond donors (Lipinski definition) is 0. The van der Waals surface area contributed by atoms with Gasteiger partial charge < -0.3 is 4.57 Å². The Morgan fingerprint density at radius 3 is 2.92 bits per heavy atom. The predicted molar refractivity (Wildman–Crippen MR) is 55.1 cm³/mol. The van der Waals surface area contributed by atoms with Gasteiger partial charge in [-0.15, -0.1) is 0 Å². The van der Waals surface area contributed by atoms with Gasteiger partial charge >= 0.3 is 0 Å². The van der Waals surface area contributed by atoms with Crippen molar-refractivity contribution in [3.05, 3.63) is 27.5 Å². The lowest BCUT2D eigenvalue weighted by Crippen LogP contribution is -1.95. The molecule has 1 heterocycles. The molecule has 0 atom stereocenters. The first-order valence-electron chi connectivity index (χ1n) is 4.26. The summed E-state index contributed by atoms with van der Waals surface area (Å²) in [5.41, 5.74) is 4.38. The molecular formula is C10H12BrN. The molecule has 1 aliphatic carbocycles. The minimum absolute atomic E-state index is 1.13. The molecule has 2 heteroatoms. The largest absolute Gasteiger partial charge is 0.342 e. The van der Waals surface area contributed by atoms with Gasteiger partial charge in [0, 0.05) is 19.2 Å². The number of aromatic nitrogens is 1. The molecule has 0 aliphatic heterocycles. The third kappa shape index (κ3) is 1.06. The second-order valence-electron chi connectivity index (χ2n) is 3.26. The number of allylic oxidation sites excluding steroid dienone is 1. The van der Waals surface area contributed by atoms with E-state index in [0.717, 1.165) is 6.42 Å². The summed E-state index contributed by atoms with van der Waals surface area (Å²) in [4.78, 5) is 0. The zero-order valence-electron chi connectivity index (χ0n) is 7.39. The number of hydrogen-bond acceptors (Lipinski definition) is 0. The van der Waals surface area contributed by atoms with E-state index in [9.17, 15) is 0 Å². The summed E-state index contributed by atoms with van der Waals surface area (Å²) in [7, 11) is 2.11. The molecule has 0 radical (unpaired) electrons. The van der Waals surface area contributed by atoms with Crippen molar-refractivity contribution >= 4 is 22.0 Å². The van der Waals surface area contributed by atoms with Crippen LogP contribution in [0.15, 0.2) is 16.2 Å². The molecule has 1 aromatic rings. The monoisotopic (exact) mass is 225 g/mol. The molecule has 0 bridgehead atoms. The highest BCUT2D eigenvalue weighted by Crippen LogP contribution is 2.30. The topological polar surface area (TPSA) is 4.93 Å². The molecule has 0 spiro atoms. The van der Waals surface area contributed by atoms with Crippen molar-refractivity contribution in [2.24, 2.45) is 7.05 Å². The Morgan fingerprint density at radius 1 is 1.58 bits per heavy atom. The maximum Gasteiger partial charge on any atom is 0.0852 e. The zero-order valence-corrected chi connectivity index (χ0v) is 8.98. The average Bonchev–Trinajstić information content (AvgIpc) is 2.55. The Bertz CT molecular complexity index is 347. The van der Waals surface area contributed by atoms with Crippen molar-refractivity contribution in [3.63, 3.8) is 0 Å². The van der Waals surface area contributed by atoms with Gasteiger partial charge in [-0.2, -0.15) is 0 Å². The van der Waals surface area contributed by atoms with E-state index in [4.69, 9.17) is 0 Å². The smallest absolute Gasteiger partial charge is 0.0852 e. The normalized spacial score (nSPS) is 14.8. The second-order valence-corrected chi connectivity index (χ2v) is 4.07. The van der Waals surface area contributed by atoms with Gasteiger partial charge in [-0.1, -0.05) is 18.6 Å². The summed E-state index contributed by atoms with van der Waals surface area (Å²) in [5, 5.41) is 0. The maximum absolute atomic E-state index is 3.52. The van der Waals surface area contributed by atoms with Gasteiger partial charge in [0.2, 0.25) is 0 Å². The van der Waals surface area contributed by atoms with Gasteiger partial charge in [0.05, 0.1) is 4.60 Å². The van der Waals surface area contributed by atoms with Gasteiger partial charge in [0.25, 0.3) is 0 Å². The second kappa shape index (κ2) is 2.77. The van der Waals surface area contributed by atoms with Crippen molar-refractivity contribution < 1.29 is 0 Å². The summed E-state index contributed by atoms with van der Waals surface area (Å²) < 4.78 is 3.40. The van der Waals surface area contributed by atoms with Crippen molar-refractivity contribution in [1.29, 1.82) is 0 Å². The zero-order chi connectivity index (χ0) is 8.72. The molecule has 12 heavy (non-hydrogen) atoms. The Balaban J connectivity index is 2.45. The predicted octanol–water partition coefficient (Wildman–Crippen LogP) is 3.14. The minimum Gasteiger partial charge on any atom is -0.342 e. The van der Waals surface area contributed by atoms with E-state index in [1.165, 1.54) is 22.3 Å². The molecule has 0 N–H and O–H groups in total. The summed E-state index contributed by atoms with van der Waals surface area (Å²) in [6.07, 6.45) is 4.61. The Morgan fingerprint density at radius 2 is 2.33 bits per heavy atom. The van der Waals surface area contributed by atoms with Crippen LogP contribution in [0.5, 0.6) is 0 Å². The summed E-state index contributed by atoms with van der Waals surface area (Å²) >= 11 is 3.52. The Labute approximate surface area is 81.2 Å². The number of nitrogens with zero attached hydrogens (tertiary/aromatic N) is 1. The van der Waals surface area contributed by atoms with Crippen molar-refractivity contribution in [2.75, 3.05) is 0 Å². The molecule has 1 nitrogen and oxygen atoms in total. The molecule has 0 saturated heterocycles. The van der Waals surface area contributed by atoms with Crippen LogP contribution < -0.4 is 0 Å². The molecule has 0 unspecified atom stereocenters. The summed E-state index contributed by atoms with van der Waals surface area (Å²) in [6, 6.07) is 2.19. The highest BCUT2D eigenvalue weighted by molar-refractivity contribution is 9.10. The standard InChI is InChI=1S/C10H12BrN/c1-3-7-4-8-6-10(11)12(2)9(8)5-7/h4,6H,3,5H2,1-2H3. The van der Waals surface area contributed by atoms with Crippen LogP contribution in [0, 0.1) is 0 Å². The number of fused-ring (bicyclic) bond motifs is 1. The van der Waals surface area contributed by atoms with E-state index in [2.05, 4.69) is 46.6 Å². The lowest BCUT2D eigenvalue weighted by molar-refractivity contribution is 0.824. The lowest BCUT2D eigenvalue weighted by atomic mass is 10.2. The van der Waals surface area contributed by atoms with E-state index in [0.29, 0.717) is 0 Å². The third-order valence-corrected chi connectivity index (χ3v) is 3.30. The quantitative estimate of drug-likeness (QED) is 0.693. The fourth-order valence-corrected chi connectivity index (χ4v) is 2.15. The van der Waals surface area contributed by atoms with Gasteiger partial charge in [-0.05, 0) is 34.0 Å². The van der Waals surface area contributed by atoms with E-state index >= 15 is 0 Å². The first-order chi connectivity index (χ1) is 5.72. The van der Waals surface area contributed by atoms with Gasteiger partial charge in [0.1, 0.15) is 0 Å².